The molecule has 0 saturated heterocycles. The Bertz CT molecular complexity index is 530. The van der Waals surface area contributed by atoms with Gasteiger partial charge >= 0.3 is 0 Å². The fraction of sp³-hybridized carbons (Fsp3) is 0.412. The fourth-order valence-electron chi connectivity index (χ4n) is 1.70. The van der Waals surface area contributed by atoms with Crippen molar-refractivity contribution in [3.05, 3.63) is 35.4 Å². The topological polar surface area (TPSA) is 62.1 Å². The van der Waals surface area contributed by atoms with Crippen LogP contribution in [0, 0.1) is 11.3 Å². The zero-order chi connectivity index (χ0) is 15.5. The van der Waals surface area contributed by atoms with E-state index in [0.29, 0.717) is 18.9 Å². The van der Waals surface area contributed by atoms with Crippen LogP contribution in [0.4, 0.5) is 0 Å². The van der Waals surface area contributed by atoms with Crippen molar-refractivity contribution < 1.29 is 9.53 Å². The van der Waals surface area contributed by atoms with Crippen molar-refractivity contribution in [1.29, 1.82) is 5.26 Å². The van der Waals surface area contributed by atoms with Crippen molar-refractivity contribution in [2.45, 2.75) is 33.1 Å². The minimum absolute atomic E-state index is 0.0926. The molecule has 4 heteroatoms. The molecule has 0 heterocycles. The molecular formula is C17H22N2O2. The Hall–Kier alpha value is -2.28. The predicted octanol–water partition coefficient (Wildman–Crippen LogP) is 3.30. The smallest absolute Gasteiger partial charge is 0.261 e. The first-order valence-corrected chi connectivity index (χ1v) is 7.34. The molecule has 1 aromatic rings. The number of unbranched alkanes of at least 4 members (excludes halogenated alkanes) is 1. The Kier molecular flexibility index (Phi) is 7.67. The molecule has 1 N–H and O–H groups in total. The predicted molar refractivity (Wildman–Crippen MR) is 83.7 cm³/mol. The number of rotatable bonds is 8. The van der Waals surface area contributed by atoms with Gasteiger partial charge in [0, 0.05) is 12.1 Å². The summed E-state index contributed by atoms with van der Waals surface area (Å²) in [7, 11) is 0. The first-order valence-electron chi connectivity index (χ1n) is 7.34. The summed E-state index contributed by atoms with van der Waals surface area (Å²) >= 11 is 0. The highest BCUT2D eigenvalue weighted by atomic mass is 16.5. The minimum atomic E-state index is -0.345. The third-order valence-corrected chi connectivity index (χ3v) is 2.87. The number of para-hydroxylation sites is 1. The molecule has 1 rings (SSSR count). The zero-order valence-electron chi connectivity index (χ0n) is 12.7. The molecule has 0 radical (unpaired) electrons. The van der Waals surface area contributed by atoms with Gasteiger partial charge in [-0.1, -0.05) is 38.5 Å². The number of nitriles is 1. The minimum Gasteiger partial charge on any atom is -0.493 e. The molecule has 1 amide bonds. The lowest BCUT2D eigenvalue weighted by atomic mass is 10.1. The van der Waals surface area contributed by atoms with Gasteiger partial charge in [-0.3, -0.25) is 4.79 Å². The van der Waals surface area contributed by atoms with Crippen molar-refractivity contribution in [2.24, 2.45) is 0 Å². The SMILES string of the molecule is CCCCOc1ccccc1/C=C(\C#N)C(=O)NCCC. The van der Waals surface area contributed by atoms with Gasteiger partial charge in [-0.15, -0.1) is 0 Å². The highest BCUT2D eigenvalue weighted by molar-refractivity contribution is 6.01. The molecule has 4 nitrogen and oxygen atoms in total. The molecule has 0 aromatic heterocycles. The Labute approximate surface area is 126 Å². The third kappa shape index (κ3) is 5.70. The summed E-state index contributed by atoms with van der Waals surface area (Å²) in [5, 5.41) is 11.8. The maximum atomic E-state index is 11.9. The number of hydrogen-bond acceptors (Lipinski definition) is 3. The summed E-state index contributed by atoms with van der Waals surface area (Å²) in [4.78, 5) is 11.9. The van der Waals surface area contributed by atoms with E-state index in [1.165, 1.54) is 0 Å². The monoisotopic (exact) mass is 286 g/mol. The van der Waals surface area contributed by atoms with E-state index in [0.717, 1.165) is 24.8 Å². The van der Waals surface area contributed by atoms with Gasteiger partial charge in [0.1, 0.15) is 17.4 Å². The fourth-order valence-corrected chi connectivity index (χ4v) is 1.70. The number of nitrogens with zero attached hydrogens (tertiary/aromatic N) is 1. The largest absolute Gasteiger partial charge is 0.493 e. The van der Waals surface area contributed by atoms with E-state index in [1.54, 1.807) is 6.08 Å². The van der Waals surface area contributed by atoms with Crippen LogP contribution in [0.2, 0.25) is 0 Å². The van der Waals surface area contributed by atoms with E-state index in [2.05, 4.69) is 12.2 Å². The van der Waals surface area contributed by atoms with Gasteiger partial charge in [-0.05, 0) is 25.0 Å². The summed E-state index contributed by atoms with van der Waals surface area (Å²) in [6.07, 6.45) is 4.44. The van der Waals surface area contributed by atoms with E-state index in [-0.39, 0.29) is 11.5 Å². The molecule has 0 fully saturated rings. The third-order valence-electron chi connectivity index (χ3n) is 2.87. The molecule has 0 unspecified atom stereocenters. The molecule has 0 spiro atoms. The van der Waals surface area contributed by atoms with Gasteiger partial charge in [-0.25, -0.2) is 0 Å². The van der Waals surface area contributed by atoms with Gasteiger partial charge in [0.2, 0.25) is 0 Å². The quantitative estimate of drug-likeness (QED) is 0.453. The Morgan fingerprint density at radius 1 is 1.33 bits per heavy atom. The van der Waals surface area contributed by atoms with Crippen molar-refractivity contribution in [3.8, 4) is 11.8 Å². The molecule has 0 atom stereocenters. The maximum Gasteiger partial charge on any atom is 0.261 e. The Morgan fingerprint density at radius 3 is 2.76 bits per heavy atom. The molecule has 0 aliphatic heterocycles. The number of carbonyl (C=O) groups excluding carboxylic acids is 1. The van der Waals surface area contributed by atoms with E-state index in [4.69, 9.17) is 10.00 Å². The van der Waals surface area contributed by atoms with Gasteiger partial charge in [-0.2, -0.15) is 5.26 Å². The molecule has 1 aromatic carbocycles. The number of nitrogens with one attached hydrogen (secondary N) is 1. The van der Waals surface area contributed by atoms with Gasteiger partial charge < -0.3 is 10.1 Å². The standard InChI is InChI=1S/C17H22N2O2/c1-3-5-11-21-16-9-7-6-8-14(16)12-15(13-18)17(20)19-10-4-2/h6-9,12H,3-5,10-11H2,1-2H3,(H,19,20)/b15-12+. The van der Waals surface area contributed by atoms with Crippen LogP contribution in [0.15, 0.2) is 29.8 Å². The van der Waals surface area contributed by atoms with Crippen LogP contribution in [0.1, 0.15) is 38.7 Å². The first kappa shape index (κ1) is 16.8. The summed E-state index contributed by atoms with van der Waals surface area (Å²) in [5.74, 6) is 0.352. The molecule has 0 aliphatic carbocycles. The summed E-state index contributed by atoms with van der Waals surface area (Å²) in [6.45, 7) is 5.26. The van der Waals surface area contributed by atoms with Crippen molar-refractivity contribution >= 4 is 12.0 Å². The van der Waals surface area contributed by atoms with Crippen LogP contribution in [0.25, 0.3) is 6.08 Å². The maximum absolute atomic E-state index is 11.9. The second-order valence-electron chi connectivity index (χ2n) is 4.67. The number of hydrogen-bond donors (Lipinski definition) is 1. The van der Waals surface area contributed by atoms with Gasteiger partial charge in [0.05, 0.1) is 6.61 Å². The average molecular weight is 286 g/mol. The highest BCUT2D eigenvalue weighted by Crippen LogP contribution is 2.21. The van der Waals surface area contributed by atoms with E-state index in [9.17, 15) is 4.79 Å². The van der Waals surface area contributed by atoms with Crippen LogP contribution in [0.3, 0.4) is 0 Å². The van der Waals surface area contributed by atoms with Crippen LogP contribution >= 0.6 is 0 Å². The first-order chi connectivity index (χ1) is 10.2. The zero-order valence-corrected chi connectivity index (χ0v) is 12.7. The number of ether oxygens (including phenoxy) is 1. The van der Waals surface area contributed by atoms with Crippen LogP contribution in [-0.4, -0.2) is 19.1 Å². The Morgan fingerprint density at radius 2 is 2.10 bits per heavy atom. The van der Waals surface area contributed by atoms with Crippen molar-refractivity contribution in [3.63, 3.8) is 0 Å². The molecule has 0 bridgehead atoms. The molecule has 0 aliphatic rings. The molecule has 112 valence electrons. The lowest BCUT2D eigenvalue weighted by Gasteiger charge is -2.09. The van der Waals surface area contributed by atoms with Crippen LogP contribution in [0.5, 0.6) is 5.75 Å². The second-order valence-corrected chi connectivity index (χ2v) is 4.67. The second kappa shape index (κ2) is 9.60. The van der Waals surface area contributed by atoms with Crippen LogP contribution < -0.4 is 10.1 Å². The van der Waals surface area contributed by atoms with Gasteiger partial charge in [0.15, 0.2) is 0 Å². The van der Waals surface area contributed by atoms with E-state index in [1.807, 2.05) is 37.3 Å². The van der Waals surface area contributed by atoms with Gasteiger partial charge in [0.25, 0.3) is 5.91 Å². The number of benzene rings is 1. The summed E-state index contributed by atoms with van der Waals surface area (Å²) in [6, 6.07) is 9.37. The lowest BCUT2D eigenvalue weighted by Crippen LogP contribution is -2.25. The van der Waals surface area contributed by atoms with Crippen molar-refractivity contribution in [1.82, 2.24) is 5.32 Å². The summed E-state index contributed by atoms with van der Waals surface area (Å²) < 4.78 is 5.70. The average Bonchev–Trinajstić information content (AvgIpc) is 2.51. The van der Waals surface area contributed by atoms with E-state index >= 15 is 0 Å². The van der Waals surface area contributed by atoms with Crippen LogP contribution in [-0.2, 0) is 4.79 Å². The molecule has 21 heavy (non-hydrogen) atoms. The van der Waals surface area contributed by atoms with Crippen molar-refractivity contribution in [2.75, 3.05) is 13.2 Å². The summed E-state index contributed by atoms with van der Waals surface area (Å²) in [5.41, 5.74) is 0.840. The van der Waals surface area contributed by atoms with E-state index < -0.39 is 0 Å². The molecule has 0 saturated carbocycles. The number of amides is 1. The normalized spacial score (nSPS) is 10.8. The molecular weight excluding hydrogens is 264 g/mol. The highest BCUT2D eigenvalue weighted by Gasteiger charge is 2.09. The lowest BCUT2D eigenvalue weighted by molar-refractivity contribution is -0.117. The number of carbonyl (C=O) groups is 1. The Balaban J connectivity index is 2.90.